The zero-order valence-corrected chi connectivity index (χ0v) is 22.1. The fraction of sp³-hybridized carbons (Fsp3) is 0.667. The smallest absolute Gasteiger partial charge is 0.407 e. The van der Waals surface area contributed by atoms with E-state index in [1.807, 2.05) is 20.8 Å². The molecule has 0 aliphatic carbocycles. The van der Waals surface area contributed by atoms with Crippen LogP contribution in [0, 0.1) is 11.7 Å². The van der Waals surface area contributed by atoms with Crippen LogP contribution in [0.25, 0.3) is 0 Å². The van der Waals surface area contributed by atoms with Gasteiger partial charge in [-0.15, -0.1) is 0 Å². The summed E-state index contributed by atoms with van der Waals surface area (Å²) in [6, 6.07) is 4.62. The van der Waals surface area contributed by atoms with Crippen LogP contribution in [0.5, 0.6) is 0 Å². The van der Waals surface area contributed by atoms with Crippen LogP contribution in [-0.4, -0.2) is 73.2 Å². The standard InChI is InChI=1S/C27H40FN5O4/c1-27(2,3)37-26(36)30-19-10-12-32(13-11-19)17-18-8-14-33(15-9-18)23-6-4-20(16-21(23)28)29-22-5-7-24(34)31-25(22)35/h4,6,16,18-19,22,29H,5,7-15,17H2,1-3H3,(H,30,36)(H,31,34,35). The van der Waals surface area contributed by atoms with Gasteiger partial charge in [-0.1, -0.05) is 0 Å². The molecule has 0 bridgehead atoms. The minimum atomic E-state index is -0.531. The van der Waals surface area contributed by atoms with Crippen molar-refractivity contribution in [3.63, 3.8) is 0 Å². The number of halogens is 1. The highest BCUT2D eigenvalue weighted by atomic mass is 19.1. The first kappa shape index (κ1) is 27.2. The van der Waals surface area contributed by atoms with Crippen LogP contribution >= 0.6 is 0 Å². The molecule has 1 unspecified atom stereocenters. The van der Waals surface area contributed by atoms with Crippen molar-refractivity contribution in [2.24, 2.45) is 5.92 Å². The fourth-order valence-corrected chi connectivity index (χ4v) is 5.34. The van der Waals surface area contributed by atoms with Crippen LogP contribution in [0.3, 0.4) is 0 Å². The number of benzene rings is 1. The third-order valence-electron chi connectivity index (χ3n) is 7.31. The van der Waals surface area contributed by atoms with Gasteiger partial charge in [0.25, 0.3) is 0 Å². The van der Waals surface area contributed by atoms with Crippen molar-refractivity contribution < 1.29 is 23.5 Å². The number of amides is 3. The zero-order valence-electron chi connectivity index (χ0n) is 22.1. The first-order valence-corrected chi connectivity index (χ1v) is 13.4. The van der Waals surface area contributed by atoms with Crippen LogP contribution in [0.2, 0.25) is 0 Å². The number of anilines is 2. The Hall–Kier alpha value is -2.88. The molecule has 9 nitrogen and oxygen atoms in total. The SMILES string of the molecule is CC(C)(C)OC(=O)NC1CCN(CC2CCN(c3ccc(NC4CCC(=O)NC4=O)cc3F)CC2)CC1. The lowest BCUT2D eigenvalue weighted by atomic mass is 9.94. The van der Waals surface area contributed by atoms with Crippen LogP contribution in [0.4, 0.5) is 20.6 Å². The normalized spacial score (nSPS) is 22.5. The van der Waals surface area contributed by atoms with E-state index in [9.17, 15) is 18.8 Å². The molecule has 37 heavy (non-hydrogen) atoms. The molecule has 3 N–H and O–H groups in total. The predicted molar refractivity (Wildman–Crippen MR) is 140 cm³/mol. The number of likely N-dealkylation sites (tertiary alicyclic amines) is 1. The average Bonchev–Trinajstić information content (AvgIpc) is 2.82. The summed E-state index contributed by atoms with van der Waals surface area (Å²) in [6.45, 7) is 10.1. The minimum Gasteiger partial charge on any atom is -0.444 e. The van der Waals surface area contributed by atoms with Gasteiger partial charge in [-0.25, -0.2) is 9.18 Å². The molecule has 0 aromatic heterocycles. The first-order valence-electron chi connectivity index (χ1n) is 13.4. The Bertz CT molecular complexity index is 981. The Morgan fingerprint density at radius 2 is 1.78 bits per heavy atom. The largest absolute Gasteiger partial charge is 0.444 e. The molecule has 3 aliphatic heterocycles. The summed E-state index contributed by atoms with van der Waals surface area (Å²) in [4.78, 5) is 39.9. The third-order valence-corrected chi connectivity index (χ3v) is 7.31. The van der Waals surface area contributed by atoms with Crippen molar-refractivity contribution in [2.75, 3.05) is 42.9 Å². The van der Waals surface area contributed by atoms with E-state index >= 15 is 0 Å². The maximum absolute atomic E-state index is 15.0. The molecule has 204 valence electrons. The summed E-state index contributed by atoms with van der Waals surface area (Å²) < 4.78 is 20.3. The molecule has 3 amide bonds. The third kappa shape index (κ3) is 7.80. The lowest BCUT2D eigenvalue weighted by Gasteiger charge is -2.38. The second-order valence-electron chi connectivity index (χ2n) is 11.5. The highest BCUT2D eigenvalue weighted by molar-refractivity contribution is 6.01. The number of nitrogens with zero attached hydrogens (tertiary/aromatic N) is 2. The Balaban J connectivity index is 1.19. The van der Waals surface area contributed by atoms with Gasteiger partial charge in [0.15, 0.2) is 0 Å². The van der Waals surface area contributed by atoms with Gasteiger partial charge in [0.2, 0.25) is 11.8 Å². The van der Waals surface area contributed by atoms with Crippen LogP contribution < -0.4 is 20.9 Å². The Morgan fingerprint density at radius 1 is 1.08 bits per heavy atom. The van der Waals surface area contributed by atoms with Gasteiger partial charge in [0, 0.05) is 50.9 Å². The molecule has 1 aromatic rings. The quantitative estimate of drug-likeness (QED) is 0.498. The van der Waals surface area contributed by atoms with Crippen molar-refractivity contribution in [3.8, 4) is 0 Å². The molecule has 3 aliphatic rings. The van der Waals surface area contributed by atoms with E-state index < -0.39 is 11.6 Å². The molecular weight excluding hydrogens is 477 g/mol. The van der Waals surface area contributed by atoms with Gasteiger partial charge < -0.3 is 25.2 Å². The topological polar surface area (TPSA) is 103 Å². The molecular formula is C27H40FN5O4. The molecule has 10 heteroatoms. The average molecular weight is 518 g/mol. The zero-order chi connectivity index (χ0) is 26.6. The number of alkyl carbamates (subject to hydrolysis) is 1. The number of piperidine rings is 3. The fourth-order valence-electron chi connectivity index (χ4n) is 5.34. The van der Waals surface area contributed by atoms with E-state index in [0.29, 0.717) is 23.7 Å². The number of nitrogens with one attached hydrogen (secondary N) is 3. The van der Waals surface area contributed by atoms with Crippen molar-refractivity contribution in [2.45, 2.75) is 77.0 Å². The predicted octanol–water partition coefficient (Wildman–Crippen LogP) is 3.25. The van der Waals surface area contributed by atoms with Crippen LogP contribution in [0.1, 0.15) is 59.3 Å². The van der Waals surface area contributed by atoms with Gasteiger partial charge in [0.05, 0.1) is 5.69 Å². The van der Waals surface area contributed by atoms with Crippen LogP contribution in [-0.2, 0) is 14.3 Å². The molecule has 4 rings (SSSR count). The van der Waals surface area contributed by atoms with Crippen molar-refractivity contribution in [3.05, 3.63) is 24.0 Å². The Labute approximate surface area is 218 Å². The molecule has 3 fully saturated rings. The van der Waals surface area contributed by atoms with E-state index in [4.69, 9.17) is 4.74 Å². The number of imide groups is 1. The highest BCUT2D eigenvalue weighted by Crippen LogP contribution is 2.29. The van der Waals surface area contributed by atoms with Gasteiger partial charge in [-0.2, -0.15) is 0 Å². The number of carbonyl (C=O) groups is 3. The molecule has 3 heterocycles. The Kier molecular flexibility index (Phi) is 8.56. The highest BCUT2D eigenvalue weighted by Gasteiger charge is 2.29. The van der Waals surface area contributed by atoms with Gasteiger partial charge in [-0.3, -0.25) is 14.9 Å². The lowest BCUT2D eigenvalue weighted by molar-refractivity contribution is -0.133. The number of ether oxygens (including phenoxy) is 1. The summed E-state index contributed by atoms with van der Waals surface area (Å²) in [7, 11) is 0. The van der Waals surface area contributed by atoms with E-state index in [1.54, 1.807) is 12.1 Å². The second-order valence-corrected chi connectivity index (χ2v) is 11.5. The summed E-state index contributed by atoms with van der Waals surface area (Å²) in [6.07, 6.45) is 4.19. The molecule has 1 aromatic carbocycles. The van der Waals surface area contributed by atoms with Crippen molar-refractivity contribution in [1.82, 2.24) is 15.5 Å². The molecule has 1 atom stereocenters. The van der Waals surface area contributed by atoms with Crippen molar-refractivity contribution >= 4 is 29.3 Å². The summed E-state index contributed by atoms with van der Waals surface area (Å²) in [5.74, 6) is -0.377. The van der Waals surface area contributed by atoms with Crippen LogP contribution in [0.15, 0.2) is 18.2 Å². The van der Waals surface area contributed by atoms with Gasteiger partial charge >= 0.3 is 6.09 Å². The van der Waals surface area contributed by atoms with E-state index in [0.717, 1.165) is 58.4 Å². The first-order chi connectivity index (χ1) is 17.6. The second kappa shape index (κ2) is 11.7. The molecule has 3 saturated heterocycles. The number of carbonyl (C=O) groups excluding carboxylic acids is 3. The number of rotatable bonds is 6. The van der Waals surface area contributed by atoms with Crippen molar-refractivity contribution in [1.29, 1.82) is 0 Å². The van der Waals surface area contributed by atoms with E-state index in [1.165, 1.54) is 6.07 Å². The molecule has 0 radical (unpaired) electrons. The maximum Gasteiger partial charge on any atom is 0.407 e. The summed E-state index contributed by atoms with van der Waals surface area (Å²) in [5, 5.41) is 8.34. The minimum absolute atomic E-state index is 0.156. The molecule has 0 saturated carbocycles. The number of hydrogen-bond donors (Lipinski definition) is 3. The van der Waals surface area contributed by atoms with E-state index in [-0.39, 0.29) is 36.2 Å². The lowest BCUT2D eigenvalue weighted by Crippen LogP contribution is -2.47. The Morgan fingerprint density at radius 3 is 2.41 bits per heavy atom. The summed E-state index contributed by atoms with van der Waals surface area (Å²) in [5.41, 5.74) is 0.633. The summed E-state index contributed by atoms with van der Waals surface area (Å²) >= 11 is 0. The monoisotopic (exact) mass is 517 g/mol. The van der Waals surface area contributed by atoms with E-state index in [2.05, 4.69) is 25.8 Å². The number of hydrogen-bond acceptors (Lipinski definition) is 7. The van der Waals surface area contributed by atoms with Gasteiger partial charge in [0.1, 0.15) is 17.5 Å². The maximum atomic E-state index is 15.0. The molecule has 0 spiro atoms. The van der Waals surface area contributed by atoms with Gasteiger partial charge in [-0.05, 0) is 77.0 Å².